The van der Waals surface area contributed by atoms with E-state index in [9.17, 15) is 14.9 Å². The van der Waals surface area contributed by atoms with Crippen molar-refractivity contribution in [2.45, 2.75) is 89.1 Å². The van der Waals surface area contributed by atoms with Gasteiger partial charge in [-0.1, -0.05) is 65.7 Å². The number of ether oxygens (including phenoxy) is 2. The zero-order valence-electron chi connectivity index (χ0n) is 33.4. The van der Waals surface area contributed by atoms with E-state index in [-0.39, 0.29) is 36.6 Å². The molecule has 0 radical (unpaired) electrons. The summed E-state index contributed by atoms with van der Waals surface area (Å²) in [5.74, 6) is 1.43. The van der Waals surface area contributed by atoms with E-state index in [4.69, 9.17) is 37.7 Å². The molecule has 0 saturated carbocycles. The highest BCUT2D eigenvalue weighted by Crippen LogP contribution is 2.46. The van der Waals surface area contributed by atoms with Crippen molar-refractivity contribution in [2.24, 2.45) is 0 Å². The van der Waals surface area contributed by atoms with Crippen LogP contribution in [0.4, 0.5) is 0 Å². The summed E-state index contributed by atoms with van der Waals surface area (Å²) in [7, 11) is 0. The van der Waals surface area contributed by atoms with Gasteiger partial charge in [-0.3, -0.25) is 14.6 Å². The number of hydrogen-bond acceptors (Lipinski definition) is 9. The smallest absolute Gasteiger partial charge is 0.220 e. The molecule has 3 aliphatic rings. The minimum Gasteiger partial charge on any atom is -0.488 e. The Hall–Kier alpha value is -5.51. The Morgan fingerprint density at radius 1 is 0.869 bits per heavy atom. The first-order chi connectivity index (χ1) is 29.8. The van der Waals surface area contributed by atoms with Gasteiger partial charge in [0.15, 0.2) is 0 Å². The van der Waals surface area contributed by atoms with E-state index < -0.39 is 0 Å². The molecule has 9 rings (SSSR count). The first-order valence-corrected chi connectivity index (χ1v) is 22.4. The fourth-order valence-electron chi connectivity index (χ4n) is 8.73. The zero-order valence-corrected chi connectivity index (χ0v) is 35.8. The van der Waals surface area contributed by atoms with Crippen molar-refractivity contribution >= 4 is 56.6 Å². The van der Waals surface area contributed by atoms with E-state index in [0.29, 0.717) is 52.9 Å². The molecule has 2 aliphatic heterocycles. The third-order valence-electron chi connectivity index (χ3n) is 11.8. The summed E-state index contributed by atoms with van der Waals surface area (Å²) in [5.41, 5.74) is 9.41. The lowest BCUT2D eigenvalue weighted by Gasteiger charge is -2.20. The van der Waals surface area contributed by atoms with Gasteiger partial charge in [-0.25, -0.2) is 4.98 Å². The normalized spacial score (nSPS) is 18.2. The van der Waals surface area contributed by atoms with Gasteiger partial charge in [-0.05, 0) is 97.0 Å². The van der Waals surface area contributed by atoms with E-state index in [1.54, 1.807) is 23.6 Å². The topological polar surface area (TPSA) is 138 Å². The average Bonchev–Trinajstić information content (AvgIpc) is 4.08. The number of pyridine rings is 1. The van der Waals surface area contributed by atoms with Crippen molar-refractivity contribution < 1.29 is 19.1 Å². The summed E-state index contributed by atoms with van der Waals surface area (Å²) in [5, 5.41) is 21.1. The van der Waals surface area contributed by atoms with Crippen LogP contribution in [-0.4, -0.2) is 40.4 Å². The molecule has 2 fully saturated rings. The van der Waals surface area contributed by atoms with Crippen molar-refractivity contribution in [2.75, 3.05) is 6.54 Å². The van der Waals surface area contributed by atoms with Crippen molar-refractivity contribution in [1.82, 2.24) is 25.9 Å². The number of halogens is 2. The lowest BCUT2D eigenvalue weighted by molar-refractivity contribution is -0.120. The molecular weight excluding hydrogens is 828 g/mol. The van der Waals surface area contributed by atoms with Crippen LogP contribution in [0.2, 0.25) is 10.0 Å². The van der Waals surface area contributed by atoms with E-state index in [0.717, 1.165) is 99.2 Å². The van der Waals surface area contributed by atoms with Crippen molar-refractivity contribution in [3.05, 3.63) is 128 Å². The highest BCUT2D eigenvalue weighted by Gasteiger charge is 2.29. The molecule has 61 heavy (non-hydrogen) atoms. The first-order valence-electron chi connectivity index (χ1n) is 20.8. The maximum absolute atomic E-state index is 11.8. The third kappa shape index (κ3) is 9.24. The van der Waals surface area contributed by atoms with E-state index >= 15 is 0 Å². The molecule has 0 spiro atoms. The molecule has 2 aromatic heterocycles. The number of nitrogens with one attached hydrogen (secondary N) is 3. The van der Waals surface area contributed by atoms with Crippen LogP contribution in [0.25, 0.3) is 32.5 Å². The average molecular weight is 872 g/mol. The quantitative estimate of drug-likeness (QED) is 0.0928. The Balaban J connectivity index is 0.929. The van der Waals surface area contributed by atoms with Gasteiger partial charge in [-0.2, -0.15) is 5.26 Å². The second-order valence-corrected chi connectivity index (χ2v) is 17.9. The number of amides is 2. The summed E-state index contributed by atoms with van der Waals surface area (Å²) >= 11 is 16.0. The van der Waals surface area contributed by atoms with Gasteiger partial charge in [0.2, 0.25) is 11.8 Å². The van der Waals surface area contributed by atoms with Crippen molar-refractivity contribution in [3.63, 3.8) is 0 Å². The Morgan fingerprint density at radius 2 is 1.67 bits per heavy atom. The number of fused-ring (bicyclic) bond motifs is 2. The standard InChI is InChI=1S/C48H44Cl2N6O4S/c49-39-19-31(4-1-5-32-11-16-45(57)54-32)42(59-27-29-18-28(22-51)23-52-24-29)21-43(39)60-41-14-13-36-35(7-3-8-37(36)41)38-9-2-6-34(48(38)50)30-10-15-44-40(20-30)56-47(61-44)26-53-25-33-12-17-46(58)55-33/h2-3,6-10,15,18-21,23-24,32-33,41,53H,1,4-5,11-14,16-17,25-27H2,(H,54,57)(H,55,58)/t32-,33+,41+/m1/s1. The minimum absolute atomic E-state index is 0.113. The van der Waals surface area contributed by atoms with Gasteiger partial charge in [0.1, 0.15) is 35.3 Å². The lowest BCUT2D eigenvalue weighted by Crippen LogP contribution is -2.35. The highest BCUT2D eigenvalue weighted by atomic mass is 35.5. The van der Waals surface area contributed by atoms with E-state index in [1.165, 1.54) is 11.8 Å². The number of nitriles is 1. The molecule has 13 heteroatoms. The highest BCUT2D eigenvalue weighted by molar-refractivity contribution is 7.18. The number of hydrogen-bond donors (Lipinski definition) is 3. The van der Waals surface area contributed by atoms with Gasteiger partial charge in [0.05, 0.1) is 25.8 Å². The van der Waals surface area contributed by atoms with Crippen LogP contribution in [0.3, 0.4) is 0 Å². The summed E-state index contributed by atoms with van der Waals surface area (Å²) in [6, 6.07) is 26.9. The second-order valence-electron chi connectivity index (χ2n) is 16.0. The molecule has 0 bridgehead atoms. The molecule has 4 heterocycles. The molecule has 4 aromatic carbocycles. The van der Waals surface area contributed by atoms with Crippen molar-refractivity contribution in [3.8, 4) is 39.8 Å². The predicted molar refractivity (Wildman–Crippen MR) is 239 cm³/mol. The fraction of sp³-hybridized carbons (Fsp3) is 0.312. The fourth-order valence-corrected chi connectivity index (χ4v) is 10.2. The van der Waals surface area contributed by atoms with Crippen LogP contribution in [0, 0.1) is 11.3 Å². The number of carbonyl (C=O) groups excluding carboxylic acids is 2. The number of aromatic nitrogens is 2. The van der Waals surface area contributed by atoms with E-state index in [2.05, 4.69) is 81.6 Å². The Kier molecular flexibility index (Phi) is 12.2. The molecule has 0 unspecified atom stereocenters. The molecule has 1 aliphatic carbocycles. The summed E-state index contributed by atoms with van der Waals surface area (Å²) in [6.45, 7) is 1.60. The number of thiazole rings is 1. The van der Waals surface area contributed by atoms with Crippen LogP contribution in [0.5, 0.6) is 11.5 Å². The molecule has 2 saturated heterocycles. The molecule has 6 aromatic rings. The van der Waals surface area contributed by atoms with Crippen LogP contribution >= 0.6 is 34.5 Å². The Morgan fingerprint density at radius 3 is 2.49 bits per heavy atom. The summed E-state index contributed by atoms with van der Waals surface area (Å²) in [4.78, 5) is 32.4. The molecule has 10 nitrogen and oxygen atoms in total. The number of nitrogens with zero attached hydrogens (tertiary/aromatic N) is 3. The minimum atomic E-state index is -0.233. The number of aryl methyl sites for hydroxylation is 1. The molecular formula is C48H44Cl2N6O4S. The Bertz CT molecular complexity index is 2680. The molecule has 310 valence electrons. The van der Waals surface area contributed by atoms with Gasteiger partial charge in [0, 0.05) is 73.2 Å². The number of carbonyl (C=O) groups is 2. The molecule has 3 N–H and O–H groups in total. The first kappa shape index (κ1) is 40.9. The molecule has 2 amide bonds. The van der Waals surface area contributed by atoms with Gasteiger partial charge >= 0.3 is 0 Å². The van der Waals surface area contributed by atoms with E-state index in [1.807, 2.05) is 12.1 Å². The molecule has 3 atom stereocenters. The van der Waals surface area contributed by atoms with Crippen LogP contribution < -0.4 is 25.4 Å². The van der Waals surface area contributed by atoms with Crippen molar-refractivity contribution in [1.29, 1.82) is 5.26 Å². The Labute approximate surface area is 368 Å². The second kappa shape index (κ2) is 18.2. The maximum atomic E-state index is 11.8. The third-order valence-corrected chi connectivity index (χ3v) is 13.5. The SMILES string of the molecule is N#Cc1cncc(COc2cc(O[C@H]3CCc4c(-c5cccc(-c6ccc7sc(CNC[C@@H]8CCC(=O)N8)nc7c6)c5Cl)cccc43)c(Cl)cc2CCC[C@@H]2CCC(=O)N2)c1. The predicted octanol–water partition coefficient (Wildman–Crippen LogP) is 9.82. The number of benzene rings is 4. The zero-order chi connectivity index (χ0) is 41.9. The largest absolute Gasteiger partial charge is 0.488 e. The summed E-state index contributed by atoms with van der Waals surface area (Å²) in [6.07, 6.45) is 9.90. The summed E-state index contributed by atoms with van der Waals surface area (Å²) < 4.78 is 14.3. The van der Waals surface area contributed by atoms with Gasteiger partial charge in [0.25, 0.3) is 0 Å². The van der Waals surface area contributed by atoms with Crippen LogP contribution in [0.15, 0.2) is 85.2 Å². The maximum Gasteiger partial charge on any atom is 0.220 e. The van der Waals surface area contributed by atoms with Crippen LogP contribution in [-0.2, 0) is 35.6 Å². The monoisotopic (exact) mass is 870 g/mol. The lowest BCUT2D eigenvalue weighted by atomic mass is 9.93. The van der Waals surface area contributed by atoms with Crippen LogP contribution in [0.1, 0.15) is 83.9 Å². The van der Waals surface area contributed by atoms with Gasteiger partial charge in [-0.15, -0.1) is 11.3 Å². The number of rotatable bonds is 15. The van der Waals surface area contributed by atoms with Gasteiger partial charge < -0.3 is 25.4 Å².